The second kappa shape index (κ2) is 11.3. The third kappa shape index (κ3) is 6.84. The molecule has 6 atom stereocenters. The van der Waals surface area contributed by atoms with Crippen LogP contribution in [0.1, 0.15) is 51.4 Å². The third-order valence-corrected chi connectivity index (χ3v) is 6.76. The topological polar surface area (TPSA) is 96.2 Å². The summed E-state index contributed by atoms with van der Waals surface area (Å²) in [4.78, 5) is 10.7. The first-order valence-electron chi connectivity index (χ1n) is 11.0. The quantitative estimate of drug-likeness (QED) is 0.510. The molecule has 0 aromatic heterocycles. The number of hydrogen-bond acceptors (Lipinski definition) is 5. The summed E-state index contributed by atoms with van der Waals surface area (Å²) in [6.45, 7) is 0.843. The molecule has 3 rings (SSSR count). The molecule has 6 nitrogen and oxygen atoms in total. The van der Waals surface area contributed by atoms with Crippen LogP contribution in [0.25, 0.3) is 0 Å². The summed E-state index contributed by atoms with van der Waals surface area (Å²) in [5.74, 6) is 0.694. The van der Waals surface area contributed by atoms with Crippen molar-refractivity contribution in [2.24, 2.45) is 17.8 Å². The van der Waals surface area contributed by atoms with Crippen LogP contribution < -0.4 is 4.74 Å². The molecule has 0 spiro atoms. The van der Waals surface area contributed by atoms with E-state index in [2.05, 4.69) is 0 Å². The molecule has 0 bridgehead atoms. The standard InChI is InChI=1S/C23H33ClO6/c24-16-4-2-5-18(11-16)29-14-17(25)8-10-19-20-9-7-15(3-1-6-23(27)28)13-30-22(20)12-21(19)26/h2,4-5,11,15,17,19-22,25-26H,1,3,6-10,12-14H2,(H,27,28)/t15-,17?,19+,20+,21+,22-/m0/s1. The zero-order valence-electron chi connectivity index (χ0n) is 17.3. The fourth-order valence-electron chi connectivity index (χ4n) is 4.90. The molecule has 2 aliphatic rings. The van der Waals surface area contributed by atoms with Gasteiger partial charge in [-0.3, -0.25) is 4.79 Å². The fraction of sp³-hybridized carbons (Fsp3) is 0.696. The van der Waals surface area contributed by atoms with Crippen LogP contribution in [-0.4, -0.2) is 52.8 Å². The van der Waals surface area contributed by atoms with Gasteiger partial charge in [0.1, 0.15) is 12.4 Å². The second-order valence-electron chi connectivity index (χ2n) is 8.73. The number of carboxylic acid groups (broad SMARTS) is 1. The minimum atomic E-state index is -0.748. The van der Waals surface area contributed by atoms with Crippen LogP contribution in [0.3, 0.4) is 0 Å². The molecule has 2 fully saturated rings. The highest BCUT2D eigenvalue weighted by atomic mass is 35.5. The molecular weight excluding hydrogens is 408 g/mol. The molecule has 1 saturated carbocycles. The molecule has 1 aliphatic carbocycles. The lowest BCUT2D eigenvalue weighted by Crippen LogP contribution is -2.25. The van der Waals surface area contributed by atoms with E-state index < -0.39 is 18.2 Å². The Morgan fingerprint density at radius 2 is 2.13 bits per heavy atom. The normalized spacial score (nSPS) is 29.8. The first-order chi connectivity index (χ1) is 14.4. The van der Waals surface area contributed by atoms with Crippen LogP contribution >= 0.6 is 11.6 Å². The number of hydrogen-bond donors (Lipinski definition) is 3. The highest BCUT2D eigenvalue weighted by molar-refractivity contribution is 6.30. The van der Waals surface area contributed by atoms with Gasteiger partial charge in [0.2, 0.25) is 0 Å². The molecular formula is C23H33ClO6. The van der Waals surface area contributed by atoms with Crippen LogP contribution in [0.15, 0.2) is 24.3 Å². The SMILES string of the molecule is O=C(O)CCC[C@H]1CC[C@@H]2[C@@H](CCC(O)COc3cccc(Cl)c3)[C@H](O)C[C@@H]2OC1. The van der Waals surface area contributed by atoms with E-state index in [0.717, 1.165) is 25.7 Å². The summed E-state index contributed by atoms with van der Waals surface area (Å²) in [7, 11) is 0. The van der Waals surface area contributed by atoms with Gasteiger partial charge in [-0.2, -0.15) is 0 Å². The summed E-state index contributed by atoms with van der Waals surface area (Å²) in [5, 5.41) is 30.3. The molecule has 1 aliphatic heterocycles. The Morgan fingerprint density at radius 3 is 2.90 bits per heavy atom. The third-order valence-electron chi connectivity index (χ3n) is 6.52. The Bertz CT molecular complexity index is 683. The first kappa shape index (κ1) is 23.3. The zero-order valence-corrected chi connectivity index (χ0v) is 18.0. The minimum Gasteiger partial charge on any atom is -0.491 e. The van der Waals surface area contributed by atoms with E-state index in [-0.39, 0.29) is 25.0 Å². The molecule has 1 heterocycles. The average molecular weight is 441 g/mol. The van der Waals surface area contributed by atoms with E-state index in [1.807, 2.05) is 0 Å². The summed E-state index contributed by atoms with van der Waals surface area (Å²) < 4.78 is 11.7. The molecule has 7 heteroatoms. The van der Waals surface area contributed by atoms with Gasteiger partial charge >= 0.3 is 5.97 Å². The van der Waals surface area contributed by atoms with Crippen molar-refractivity contribution in [3.8, 4) is 5.75 Å². The molecule has 168 valence electrons. The highest BCUT2D eigenvalue weighted by Gasteiger charge is 2.44. The van der Waals surface area contributed by atoms with Gasteiger partial charge in [-0.25, -0.2) is 0 Å². The number of fused-ring (bicyclic) bond motifs is 1. The van der Waals surface area contributed by atoms with Gasteiger partial charge in [-0.05, 0) is 74.5 Å². The van der Waals surface area contributed by atoms with Crippen molar-refractivity contribution in [3.05, 3.63) is 29.3 Å². The lowest BCUT2D eigenvalue weighted by Gasteiger charge is -2.24. The molecule has 0 amide bonds. The number of rotatable bonds is 10. The van der Waals surface area contributed by atoms with Crippen molar-refractivity contribution in [3.63, 3.8) is 0 Å². The van der Waals surface area contributed by atoms with Crippen LogP contribution in [0.4, 0.5) is 0 Å². The first-order valence-corrected chi connectivity index (χ1v) is 11.4. The number of halogens is 1. The van der Waals surface area contributed by atoms with Gasteiger partial charge < -0.3 is 24.8 Å². The Kier molecular flexibility index (Phi) is 8.81. The summed E-state index contributed by atoms with van der Waals surface area (Å²) in [5.41, 5.74) is 0. The van der Waals surface area contributed by atoms with Crippen molar-refractivity contribution >= 4 is 17.6 Å². The van der Waals surface area contributed by atoms with E-state index >= 15 is 0 Å². The van der Waals surface area contributed by atoms with Gasteiger partial charge in [-0.1, -0.05) is 17.7 Å². The van der Waals surface area contributed by atoms with Crippen molar-refractivity contribution < 1.29 is 29.6 Å². The molecule has 30 heavy (non-hydrogen) atoms. The molecule has 1 unspecified atom stereocenters. The Hall–Kier alpha value is -1.34. The van der Waals surface area contributed by atoms with Crippen molar-refractivity contribution in [1.82, 2.24) is 0 Å². The Morgan fingerprint density at radius 1 is 1.30 bits per heavy atom. The van der Waals surface area contributed by atoms with Crippen molar-refractivity contribution in [2.45, 2.75) is 69.7 Å². The number of carbonyl (C=O) groups is 1. The number of aliphatic hydroxyl groups is 2. The van der Waals surface area contributed by atoms with Gasteiger partial charge in [0.05, 0.1) is 18.3 Å². The van der Waals surface area contributed by atoms with Crippen LogP contribution in [0.2, 0.25) is 5.02 Å². The van der Waals surface area contributed by atoms with Crippen LogP contribution in [0, 0.1) is 17.8 Å². The molecule has 1 aromatic carbocycles. The lowest BCUT2D eigenvalue weighted by molar-refractivity contribution is -0.137. The van der Waals surface area contributed by atoms with E-state index in [9.17, 15) is 15.0 Å². The number of carboxylic acids is 1. The van der Waals surface area contributed by atoms with Crippen LogP contribution in [-0.2, 0) is 9.53 Å². The van der Waals surface area contributed by atoms with Crippen molar-refractivity contribution in [2.75, 3.05) is 13.2 Å². The average Bonchev–Trinajstić information content (AvgIpc) is 2.86. The Balaban J connectivity index is 1.43. The largest absolute Gasteiger partial charge is 0.491 e. The van der Waals surface area contributed by atoms with E-state index in [0.29, 0.717) is 48.5 Å². The lowest BCUT2D eigenvalue weighted by atomic mass is 9.84. The summed E-state index contributed by atoms with van der Waals surface area (Å²) >= 11 is 5.95. The predicted octanol–water partition coefficient (Wildman–Crippen LogP) is 3.91. The summed E-state index contributed by atoms with van der Waals surface area (Å²) in [6.07, 6.45) is 4.76. The molecule has 1 saturated heterocycles. The molecule has 3 N–H and O–H groups in total. The maximum atomic E-state index is 10.7. The number of benzene rings is 1. The molecule has 0 radical (unpaired) electrons. The minimum absolute atomic E-state index is 0.0642. The second-order valence-corrected chi connectivity index (χ2v) is 9.17. The zero-order chi connectivity index (χ0) is 21.5. The maximum absolute atomic E-state index is 10.7. The smallest absolute Gasteiger partial charge is 0.303 e. The Labute approximate surface area is 183 Å². The summed E-state index contributed by atoms with van der Waals surface area (Å²) in [6, 6.07) is 7.10. The van der Waals surface area contributed by atoms with Crippen molar-refractivity contribution in [1.29, 1.82) is 0 Å². The van der Waals surface area contributed by atoms with E-state index in [4.69, 9.17) is 26.2 Å². The fourth-order valence-corrected chi connectivity index (χ4v) is 5.09. The van der Waals surface area contributed by atoms with Gasteiger partial charge in [-0.15, -0.1) is 0 Å². The van der Waals surface area contributed by atoms with E-state index in [1.54, 1.807) is 24.3 Å². The highest BCUT2D eigenvalue weighted by Crippen LogP contribution is 2.43. The predicted molar refractivity (Wildman–Crippen MR) is 114 cm³/mol. The van der Waals surface area contributed by atoms with Crippen LogP contribution in [0.5, 0.6) is 5.75 Å². The van der Waals surface area contributed by atoms with E-state index in [1.165, 1.54) is 0 Å². The molecule has 1 aromatic rings. The van der Waals surface area contributed by atoms with Gasteiger partial charge in [0, 0.05) is 24.5 Å². The van der Waals surface area contributed by atoms with Gasteiger partial charge in [0.25, 0.3) is 0 Å². The van der Waals surface area contributed by atoms with Gasteiger partial charge in [0.15, 0.2) is 0 Å². The number of aliphatic carboxylic acids is 1. The monoisotopic (exact) mass is 440 g/mol. The maximum Gasteiger partial charge on any atom is 0.303 e. The number of ether oxygens (including phenoxy) is 2. The number of aliphatic hydroxyl groups excluding tert-OH is 2.